The van der Waals surface area contributed by atoms with Crippen LogP contribution in [0.2, 0.25) is 0 Å². The highest BCUT2D eigenvalue weighted by Gasteiger charge is 1.97. The van der Waals surface area contributed by atoms with Crippen molar-refractivity contribution in [2.75, 3.05) is 6.61 Å². The lowest BCUT2D eigenvalue weighted by atomic mass is 10.1. The molecule has 0 radical (unpaired) electrons. The fourth-order valence-electron chi connectivity index (χ4n) is 0.750. The van der Waals surface area contributed by atoms with E-state index in [1.165, 1.54) is 0 Å². The van der Waals surface area contributed by atoms with Gasteiger partial charge in [-0.15, -0.1) is 0 Å². The van der Waals surface area contributed by atoms with E-state index in [0.717, 1.165) is 29.9 Å². The summed E-state index contributed by atoms with van der Waals surface area (Å²) in [5, 5.41) is 9.53. The summed E-state index contributed by atoms with van der Waals surface area (Å²) in [6, 6.07) is 0. The van der Waals surface area contributed by atoms with Crippen molar-refractivity contribution in [3.8, 4) is 0 Å². The van der Waals surface area contributed by atoms with Gasteiger partial charge in [0.15, 0.2) is 0 Å². The molecule has 10 heavy (non-hydrogen) atoms. The first-order valence-electron chi connectivity index (χ1n) is 3.67. The normalized spacial score (nSPS) is 13.2. The van der Waals surface area contributed by atoms with E-state index in [1.54, 1.807) is 0 Å². The molecule has 0 aliphatic heterocycles. The van der Waals surface area contributed by atoms with Gasteiger partial charge in [0, 0.05) is 5.03 Å². The van der Waals surface area contributed by atoms with Crippen LogP contribution in [0.3, 0.4) is 0 Å². The van der Waals surface area contributed by atoms with E-state index in [1.807, 2.05) is 6.92 Å². The van der Waals surface area contributed by atoms with Crippen molar-refractivity contribution >= 4 is 11.6 Å². The van der Waals surface area contributed by atoms with Crippen molar-refractivity contribution in [1.82, 2.24) is 0 Å². The van der Waals surface area contributed by atoms with Gasteiger partial charge in [-0.25, -0.2) is 0 Å². The monoisotopic (exact) mass is 162 g/mol. The molecule has 0 bridgehead atoms. The molecule has 0 saturated heterocycles. The Kier molecular flexibility index (Phi) is 5.74. The molecule has 60 valence electrons. The van der Waals surface area contributed by atoms with Crippen LogP contribution in [0.4, 0.5) is 0 Å². The highest BCUT2D eigenvalue weighted by molar-refractivity contribution is 6.29. The average molecular weight is 163 g/mol. The molecule has 0 fully saturated rings. The zero-order chi connectivity index (χ0) is 7.98. The van der Waals surface area contributed by atoms with Gasteiger partial charge in [0.05, 0.1) is 6.61 Å². The van der Waals surface area contributed by atoms with Gasteiger partial charge in [-0.2, -0.15) is 0 Å². The van der Waals surface area contributed by atoms with Gasteiger partial charge in [0.25, 0.3) is 0 Å². The summed E-state index contributed by atoms with van der Waals surface area (Å²) >= 11 is 5.70. The standard InChI is InChI=1S/C8H15ClO/c1-3-4-5-8(6-10)7(2)9/h10H,3-6H2,1-2H3. The quantitative estimate of drug-likeness (QED) is 0.674. The largest absolute Gasteiger partial charge is 0.392 e. The average Bonchev–Trinajstić information content (AvgIpc) is 1.89. The number of unbranched alkanes of at least 4 members (excludes halogenated alkanes) is 1. The molecule has 0 atom stereocenters. The highest BCUT2D eigenvalue weighted by atomic mass is 35.5. The van der Waals surface area contributed by atoms with Crippen molar-refractivity contribution in [2.24, 2.45) is 0 Å². The topological polar surface area (TPSA) is 20.2 Å². The van der Waals surface area contributed by atoms with E-state index in [-0.39, 0.29) is 6.61 Å². The second-order valence-corrected chi connectivity index (χ2v) is 2.97. The van der Waals surface area contributed by atoms with Crippen molar-refractivity contribution < 1.29 is 5.11 Å². The molecule has 0 spiro atoms. The third kappa shape index (κ3) is 3.91. The number of halogens is 1. The van der Waals surface area contributed by atoms with Gasteiger partial charge < -0.3 is 5.11 Å². The van der Waals surface area contributed by atoms with Crippen molar-refractivity contribution in [2.45, 2.75) is 33.1 Å². The highest BCUT2D eigenvalue weighted by Crippen LogP contribution is 2.14. The van der Waals surface area contributed by atoms with E-state index in [4.69, 9.17) is 16.7 Å². The van der Waals surface area contributed by atoms with E-state index >= 15 is 0 Å². The van der Waals surface area contributed by atoms with Crippen LogP contribution in [0, 0.1) is 0 Å². The second-order valence-electron chi connectivity index (χ2n) is 2.40. The summed E-state index contributed by atoms with van der Waals surface area (Å²) in [4.78, 5) is 0. The van der Waals surface area contributed by atoms with E-state index < -0.39 is 0 Å². The van der Waals surface area contributed by atoms with E-state index in [2.05, 4.69) is 6.92 Å². The molecule has 0 aromatic rings. The zero-order valence-corrected chi connectivity index (χ0v) is 7.41. The summed E-state index contributed by atoms with van der Waals surface area (Å²) in [7, 11) is 0. The van der Waals surface area contributed by atoms with Crippen LogP contribution in [-0.2, 0) is 0 Å². The maximum absolute atomic E-state index is 8.78. The lowest BCUT2D eigenvalue weighted by Crippen LogP contribution is -1.91. The molecule has 2 heteroatoms. The SMILES string of the molecule is CCCCC(CO)=C(C)Cl. The molecule has 0 aliphatic rings. The van der Waals surface area contributed by atoms with Gasteiger partial charge in [-0.05, 0) is 25.3 Å². The van der Waals surface area contributed by atoms with Crippen LogP contribution in [-0.4, -0.2) is 11.7 Å². The molecule has 0 amide bonds. The second kappa shape index (κ2) is 5.75. The minimum absolute atomic E-state index is 0.106. The summed E-state index contributed by atoms with van der Waals surface area (Å²) in [5.41, 5.74) is 0.975. The molecule has 1 N–H and O–H groups in total. The predicted octanol–water partition coefficient (Wildman–Crippen LogP) is 2.68. The molecule has 0 rings (SSSR count). The van der Waals surface area contributed by atoms with E-state index in [0.29, 0.717) is 0 Å². The molecular weight excluding hydrogens is 148 g/mol. The number of rotatable bonds is 4. The number of aliphatic hydroxyl groups is 1. The van der Waals surface area contributed by atoms with E-state index in [9.17, 15) is 0 Å². The molecule has 0 heterocycles. The van der Waals surface area contributed by atoms with Crippen LogP contribution in [0.25, 0.3) is 0 Å². The molecule has 0 unspecified atom stereocenters. The fraction of sp³-hybridized carbons (Fsp3) is 0.750. The minimum Gasteiger partial charge on any atom is -0.392 e. The van der Waals surface area contributed by atoms with Crippen molar-refractivity contribution in [3.63, 3.8) is 0 Å². The molecule has 0 aliphatic carbocycles. The first kappa shape index (κ1) is 9.99. The van der Waals surface area contributed by atoms with Crippen LogP contribution in [0.15, 0.2) is 10.6 Å². The van der Waals surface area contributed by atoms with Gasteiger partial charge in [0.1, 0.15) is 0 Å². The summed E-state index contributed by atoms with van der Waals surface area (Å²) < 4.78 is 0. The smallest absolute Gasteiger partial charge is 0.0655 e. The number of aliphatic hydroxyl groups excluding tert-OH is 1. The van der Waals surface area contributed by atoms with Gasteiger partial charge in [-0.1, -0.05) is 24.9 Å². The fourth-order valence-corrected chi connectivity index (χ4v) is 0.905. The molecular formula is C8H15ClO. The summed E-state index contributed by atoms with van der Waals surface area (Å²) in [6.07, 6.45) is 3.19. The molecule has 0 saturated carbocycles. The van der Waals surface area contributed by atoms with Gasteiger partial charge >= 0.3 is 0 Å². The van der Waals surface area contributed by atoms with Crippen molar-refractivity contribution in [1.29, 1.82) is 0 Å². The summed E-state index contributed by atoms with van der Waals surface area (Å²) in [5.74, 6) is 0. The Morgan fingerprint density at radius 3 is 2.40 bits per heavy atom. The first-order valence-corrected chi connectivity index (χ1v) is 4.05. The Bertz CT molecular complexity index is 114. The van der Waals surface area contributed by atoms with Crippen LogP contribution in [0.5, 0.6) is 0 Å². The van der Waals surface area contributed by atoms with Crippen LogP contribution < -0.4 is 0 Å². The Morgan fingerprint density at radius 1 is 1.50 bits per heavy atom. The Morgan fingerprint density at radius 2 is 2.10 bits per heavy atom. The molecule has 1 nitrogen and oxygen atoms in total. The number of allylic oxidation sites excluding steroid dienone is 1. The number of hydrogen-bond donors (Lipinski definition) is 1. The third-order valence-electron chi connectivity index (χ3n) is 1.51. The Hall–Kier alpha value is -0.0100. The number of hydrogen-bond acceptors (Lipinski definition) is 1. The Balaban J connectivity index is 3.73. The first-order chi connectivity index (χ1) is 4.72. The van der Waals surface area contributed by atoms with Gasteiger partial charge in [-0.3, -0.25) is 0 Å². The zero-order valence-electron chi connectivity index (χ0n) is 6.65. The predicted molar refractivity (Wildman–Crippen MR) is 45.2 cm³/mol. The molecule has 0 aromatic heterocycles. The lowest BCUT2D eigenvalue weighted by molar-refractivity contribution is 0.325. The molecule has 0 aromatic carbocycles. The maximum Gasteiger partial charge on any atom is 0.0655 e. The third-order valence-corrected chi connectivity index (χ3v) is 1.78. The Labute approximate surface area is 67.7 Å². The van der Waals surface area contributed by atoms with Crippen LogP contribution in [0.1, 0.15) is 33.1 Å². The maximum atomic E-state index is 8.78. The minimum atomic E-state index is 0.106. The summed E-state index contributed by atoms with van der Waals surface area (Å²) in [6.45, 7) is 4.05. The van der Waals surface area contributed by atoms with Crippen LogP contribution >= 0.6 is 11.6 Å². The lowest BCUT2D eigenvalue weighted by Gasteiger charge is -2.02. The van der Waals surface area contributed by atoms with Crippen molar-refractivity contribution in [3.05, 3.63) is 10.6 Å². The van der Waals surface area contributed by atoms with Gasteiger partial charge in [0.2, 0.25) is 0 Å².